The fraction of sp³-hybridized carbons (Fsp3) is 0.176. The van der Waals surface area contributed by atoms with Crippen LogP contribution in [0.1, 0.15) is 5.56 Å². The Bertz CT molecular complexity index is 851. The van der Waals surface area contributed by atoms with Gasteiger partial charge in [0.1, 0.15) is 10.8 Å². The molecular weight excluding hydrogens is 336 g/mol. The molecule has 0 saturated carbocycles. The Labute approximate surface area is 149 Å². The summed E-state index contributed by atoms with van der Waals surface area (Å²) >= 11 is 1.29. The lowest BCUT2D eigenvalue weighted by Crippen LogP contribution is -2.37. The first-order chi connectivity index (χ1) is 12.2. The predicted molar refractivity (Wildman–Crippen MR) is 99.4 cm³/mol. The van der Waals surface area contributed by atoms with Gasteiger partial charge in [-0.1, -0.05) is 41.7 Å². The van der Waals surface area contributed by atoms with E-state index >= 15 is 0 Å². The number of hydrogen-bond donors (Lipinski definition) is 3. The summed E-state index contributed by atoms with van der Waals surface area (Å²) in [6.07, 6.45) is 2.16. The lowest BCUT2D eigenvalue weighted by molar-refractivity contribution is -0.117. The van der Waals surface area contributed by atoms with Gasteiger partial charge in [0.2, 0.25) is 11.0 Å². The maximum absolute atomic E-state index is 12.2. The molecule has 0 radical (unpaired) electrons. The molecule has 1 unspecified atom stereocenters. The molecule has 4 N–H and O–H groups in total. The van der Waals surface area contributed by atoms with Gasteiger partial charge in [0.25, 0.3) is 0 Å². The fourth-order valence-electron chi connectivity index (χ4n) is 2.25. The molecule has 0 aliphatic carbocycles. The molecule has 3 aromatic rings. The number of rotatable bonds is 6. The van der Waals surface area contributed by atoms with Gasteiger partial charge in [-0.3, -0.25) is 10.1 Å². The maximum atomic E-state index is 12.2. The van der Waals surface area contributed by atoms with Gasteiger partial charge in [0.05, 0.1) is 6.04 Å². The number of anilines is 2. The number of aromatic nitrogens is 3. The molecule has 0 aliphatic heterocycles. The van der Waals surface area contributed by atoms with Crippen molar-refractivity contribution < 1.29 is 4.79 Å². The van der Waals surface area contributed by atoms with E-state index in [2.05, 4.69) is 25.8 Å². The molecule has 128 valence electrons. The highest BCUT2D eigenvalue weighted by Crippen LogP contribution is 2.27. The first kappa shape index (κ1) is 17.0. The van der Waals surface area contributed by atoms with Crippen molar-refractivity contribution in [2.24, 2.45) is 5.73 Å². The minimum atomic E-state index is -0.647. The van der Waals surface area contributed by atoms with Crippen LogP contribution in [0.4, 0.5) is 10.9 Å². The second kappa shape index (κ2) is 7.82. The largest absolute Gasteiger partial charge is 0.373 e. The third kappa shape index (κ3) is 4.37. The summed E-state index contributed by atoms with van der Waals surface area (Å²) in [6.45, 7) is 0. The van der Waals surface area contributed by atoms with Gasteiger partial charge >= 0.3 is 0 Å². The molecule has 7 nitrogen and oxygen atoms in total. The highest BCUT2D eigenvalue weighted by atomic mass is 32.1. The summed E-state index contributed by atoms with van der Waals surface area (Å²) in [6, 6.07) is 12.7. The second-order valence-corrected chi connectivity index (χ2v) is 6.36. The first-order valence-corrected chi connectivity index (χ1v) is 8.55. The molecule has 2 aromatic heterocycles. The van der Waals surface area contributed by atoms with E-state index in [0.717, 1.165) is 16.9 Å². The normalized spacial score (nSPS) is 11.8. The Morgan fingerprint density at radius 3 is 2.80 bits per heavy atom. The number of nitrogens with two attached hydrogens (primary N) is 1. The van der Waals surface area contributed by atoms with Gasteiger partial charge in [-0.15, -0.1) is 10.2 Å². The predicted octanol–water partition coefficient (Wildman–Crippen LogP) is 2.15. The van der Waals surface area contributed by atoms with Crippen LogP contribution in [-0.2, 0) is 11.2 Å². The molecule has 3 rings (SSSR count). The van der Waals surface area contributed by atoms with Crippen molar-refractivity contribution in [2.75, 3.05) is 17.7 Å². The lowest BCUT2D eigenvalue weighted by Gasteiger charge is -2.10. The Morgan fingerprint density at radius 1 is 1.24 bits per heavy atom. The number of nitrogens with one attached hydrogen (secondary N) is 2. The number of carbonyl (C=O) groups excluding carboxylic acids is 1. The van der Waals surface area contributed by atoms with Crippen LogP contribution in [0.2, 0.25) is 0 Å². The van der Waals surface area contributed by atoms with E-state index in [9.17, 15) is 4.79 Å². The molecule has 0 fully saturated rings. The van der Waals surface area contributed by atoms with Gasteiger partial charge in [-0.25, -0.2) is 4.98 Å². The molecule has 1 atom stereocenters. The van der Waals surface area contributed by atoms with Crippen molar-refractivity contribution in [3.8, 4) is 10.6 Å². The number of carbonyl (C=O) groups is 1. The van der Waals surface area contributed by atoms with Crippen LogP contribution in [0.5, 0.6) is 0 Å². The summed E-state index contributed by atoms with van der Waals surface area (Å²) in [5, 5.41) is 15.0. The smallest absolute Gasteiger partial charge is 0.243 e. The van der Waals surface area contributed by atoms with Crippen LogP contribution in [0.25, 0.3) is 10.6 Å². The van der Waals surface area contributed by atoms with Crippen LogP contribution < -0.4 is 16.4 Å². The van der Waals surface area contributed by atoms with E-state index in [0.29, 0.717) is 16.6 Å². The maximum Gasteiger partial charge on any atom is 0.243 e. The molecule has 8 heteroatoms. The van der Waals surface area contributed by atoms with Gasteiger partial charge in [-0.05, 0) is 24.1 Å². The second-order valence-electron chi connectivity index (χ2n) is 5.38. The van der Waals surface area contributed by atoms with E-state index < -0.39 is 6.04 Å². The van der Waals surface area contributed by atoms with Crippen LogP contribution in [0.3, 0.4) is 0 Å². The third-order valence-electron chi connectivity index (χ3n) is 3.55. The third-order valence-corrected chi connectivity index (χ3v) is 4.44. The number of benzene rings is 1. The molecule has 0 aliphatic rings. The molecule has 0 spiro atoms. The topological polar surface area (TPSA) is 106 Å². The van der Waals surface area contributed by atoms with Crippen LogP contribution in [0.15, 0.2) is 48.7 Å². The Kier molecular flexibility index (Phi) is 5.32. The minimum Gasteiger partial charge on any atom is -0.373 e. The highest BCUT2D eigenvalue weighted by Gasteiger charge is 2.16. The summed E-state index contributed by atoms with van der Waals surface area (Å²) in [7, 11) is 1.80. The van der Waals surface area contributed by atoms with Crippen molar-refractivity contribution in [3.63, 3.8) is 0 Å². The van der Waals surface area contributed by atoms with E-state index in [1.54, 1.807) is 13.2 Å². The quantitative estimate of drug-likeness (QED) is 0.626. The summed E-state index contributed by atoms with van der Waals surface area (Å²) in [4.78, 5) is 16.4. The number of hydrogen-bond acceptors (Lipinski definition) is 7. The van der Waals surface area contributed by atoms with Crippen molar-refractivity contribution in [1.29, 1.82) is 0 Å². The van der Waals surface area contributed by atoms with Crippen LogP contribution >= 0.6 is 11.3 Å². The molecule has 25 heavy (non-hydrogen) atoms. The average molecular weight is 354 g/mol. The SMILES string of the molecule is CNc1cc(-c2nnc(NC(=O)C(N)Cc3ccccc3)s2)ccn1. The van der Waals surface area contributed by atoms with Gasteiger partial charge in [-0.2, -0.15) is 0 Å². The fourth-order valence-corrected chi connectivity index (χ4v) is 2.99. The molecule has 0 saturated heterocycles. The van der Waals surface area contributed by atoms with E-state index in [-0.39, 0.29) is 5.91 Å². The highest BCUT2D eigenvalue weighted by molar-refractivity contribution is 7.18. The monoisotopic (exact) mass is 354 g/mol. The van der Waals surface area contributed by atoms with E-state index in [1.165, 1.54) is 11.3 Å². The Balaban J connectivity index is 1.65. The standard InChI is InChI=1S/C17H18N6OS/c1-19-14-10-12(7-8-20-14)16-22-23-17(25-16)21-15(24)13(18)9-11-5-3-2-4-6-11/h2-8,10,13H,9,18H2,1H3,(H,19,20)(H,21,23,24). The van der Waals surface area contributed by atoms with E-state index in [4.69, 9.17) is 5.73 Å². The molecular formula is C17H18N6OS. The zero-order valence-electron chi connectivity index (χ0n) is 13.6. The van der Waals surface area contributed by atoms with Gasteiger partial charge in [0.15, 0.2) is 0 Å². The van der Waals surface area contributed by atoms with Gasteiger partial charge < -0.3 is 11.1 Å². The van der Waals surface area contributed by atoms with Crippen molar-refractivity contribution in [1.82, 2.24) is 15.2 Å². The zero-order chi connectivity index (χ0) is 17.6. The number of amides is 1. The lowest BCUT2D eigenvalue weighted by atomic mass is 10.1. The van der Waals surface area contributed by atoms with Crippen LogP contribution in [-0.4, -0.2) is 34.2 Å². The Hall–Kier alpha value is -2.84. The zero-order valence-corrected chi connectivity index (χ0v) is 14.5. The Morgan fingerprint density at radius 2 is 2.04 bits per heavy atom. The van der Waals surface area contributed by atoms with Crippen molar-refractivity contribution >= 4 is 28.2 Å². The van der Waals surface area contributed by atoms with Crippen molar-refractivity contribution in [2.45, 2.75) is 12.5 Å². The molecule has 0 bridgehead atoms. The molecule has 1 aromatic carbocycles. The molecule has 2 heterocycles. The minimum absolute atomic E-state index is 0.280. The summed E-state index contributed by atoms with van der Waals surface area (Å²) in [5.41, 5.74) is 7.87. The van der Waals surface area contributed by atoms with E-state index in [1.807, 2.05) is 42.5 Å². The summed E-state index contributed by atoms with van der Waals surface area (Å²) < 4.78 is 0. The summed E-state index contributed by atoms with van der Waals surface area (Å²) in [5.74, 6) is 0.459. The number of nitrogens with zero attached hydrogens (tertiary/aromatic N) is 3. The van der Waals surface area contributed by atoms with Gasteiger partial charge in [0, 0.05) is 18.8 Å². The molecule has 1 amide bonds. The average Bonchev–Trinajstić information content (AvgIpc) is 3.11. The first-order valence-electron chi connectivity index (χ1n) is 7.74. The number of pyridine rings is 1. The van der Waals surface area contributed by atoms with Crippen LogP contribution in [0, 0.1) is 0 Å². The van der Waals surface area contributed by atoms with Crippen molar-refractivity contribution in [3.05, 3.63) is 54.2 Å².